The summed E-state index contributed by atoms with van der Waals surface area (Å²) >= 11 is 0. The molecule has 3 rings (SSSR count). The molecule has 0 atom stereocenters. The smallest absolute Gasteiger partial charge is 0.358 e. The minimum atomic E-state index is -1.11. The Morgan fingerprint density at radius 3 is 2.58 bits per heavy atom. The van der Waals surface area contributed by atoms with Crippen molar-refractivity contribution in [3.8, 4) is 16.9 Å². The quantitative estimate of drug-likeness (QED) is 0.752. The Hall–Kier alpha value is -3.41. The maximum atomic E-state index is 11.0. The van der Waals surface area contributed by atoms with Gasteiger partial charge < -0.3 is 9.84 Å². The summed E-state index contributed by atoms with van der Waals surface area (Å²) in [5.74, 6) is -0.305. The summed E-state index contributed by atoms with van der Waals surface area (Å²) in [5, 5.41) is 18.7. The van der Waals surface area contributed by atoms with Crippen molar-refractivity contribution in [3.05, 3.63) is 65.5 Å². The van der Waals surface area contributed by atoms with Crippen LogP contribution in [0.1, 0.15) is 21.7 Å². The Labute approximate surface area is 138 Å². The lowest BCUT2D eigenvalue weighted by molar-refractivity contribution is 0.0690. The molecule has 0 saturated heterocycles. The molecule has 0 fully saturated rings. The summed E-state index contributed by atoms with van der Waals surface area (Å²) in [6.07, 6.45) is 3.41. The first-order chi connectivity index (χ1) is 11.7. The van der Waals surface area contributed by atoms with Gasteiger partial charge in [0.05, 0.1) is 7.11 Å². The van der Waals surface area contributed by atoms with Gasteiger partial charge in [-0.2, -0.15) is 10.3 Å². The summed E-state index contributed by atoms with van der Waals surface area (Å²) in [6, 6.07) is 15.7. The monoisotopic (exact) mass is 321 g/mol. The van der Waals surface area contributed by atoms with Crippen LogP contribution in [0.5, 0.6) is 5.75 Å². The lowest BCUT2D eigenvalue weighted by Crippen LogP contribution is -1.98. The molecule has 2 N–H and O–H groups in total. The highest BCUT2D eigenvalue weighted by molar-refractivity contribution is 5.90. The number of hydrogen-bond donors (Lipinski definition) is 2. The Kier molecular flexibility index (Phi) is 4.38. The highest BCUT2D eigenvalue weighted by Gasteiger charge is 2.12. The molecule has 2 aromatic carbocycles. The number of aromatic carboxylic acids is 1. The summed E-state index contributed by atoms with van der Waals surface area (Å²) in [6.45, 7) is 0. The second-order valence-electron chi connectivity index (χ2n) is 5.05. The van der Waals surface area contributed by atoms with Crippen LogP contribution in [0.4, 0.5) is 0 Å². The van der Waals surface area contributed by atoms with E-state index in [1.165, 1.54) is 0 Å². The van der Waals surface area contributed by atoms with Gasteiger partial charge in [-0.25, -0.2) is 4.79 Å². The molecular weight excluding hydrogens is 306 g/mol. The fourth-order valence-corrected chi connectivity index (χ4v) is 2.28. The van der Waals surface area contributed by atoms with Gasteiger partial charge in [0.25, 0.3) is 0 Å². The Bertz CT molecular complexity index is 883. The van der Waals surface area contributed by atoms with E-state index in [0.717, 1.165) is 22.4 Å². The maximum Gasteiger partial charge on any atom is 0.358 e. The van der Waals surface area contributed by atoms with Gasteiger partial charge in [-0.05, 0) is 34.9 Å². The lowest BCUT2D eigenvalue weighted by atomic mass is 10.0. The number of aromatic nitrogens is 3. The van der Waals surface area contributed by atoms with Gasteiger partial charge in [-0.15, -0.1) is 5.10 Å². The fraction of sp³-hybridized carbons (Fsp3) is 0.0556. The minimum Gasteiger partial charge on any atom is -0.497 e. The normalized spacial score (nSPS) is 10.9. The van der Waals surface area contributed by atoms with Crippen molar-refractivity contribution in [3.63, 3.8) is 0 Å². The van der Waals surface area contributed by atoms with Crippen LogP contribution in [0.3, 0.4) is 0 Å². The average Bonchev–Trinajstić information content (AvgIpc) is 3.09. The molecule has 1 heterocycles. The molecule has 0 radical (unpaired) electrons. The number of carboxylic acids is 1. The molecule has 0 amide bonds. The van der Waals surface area contributed by atoms with Crippen LogP contribution < -0.4 is 4.74 Å². The Morgan fingerprint density at radius 1 is 1.08 bits per heavy atom. The average molecular weight is 321 g/mol. The number of benzene rings is 2. The highest BCUT2D eigenvalue weighted by Crippen LogP contribution is 2.24. The predicted molar refractivity (Wildman–Crippen MR) is 90.7 cm³/mol. The third kappa shape index (κ3) is 3.33. The molecule has 1 aromatic heterocycles. The minimum absolute atomic E-state index is 0.0979. The number of carbonyl (C=O) groups is 1. The molecule has 0 aliphatic carbocycles. The molecule has 3 aromatic rings. The van der Waals surface area contributed by atoms with Crippen molar-refractivity contribution >= 4 is 18.1 Å². The highest BCUT2D eigenvalue weighted by atomic mass is 16.5. The van der Waals surface area contributed by atoms with Gasteiger partial charge in [0.15, 0.2) is 5.69 Å². The molecule has 24 heavy (non-hydrogen) atoms. The van der Waals surface area contributed by atoms with Crippen LogP contribution in [0.2, 0.25) is 0 Å². The zero-order chi connectivity index (χ0) is 16.9. The Morgan fingerprint density at radius 2 is 1.88 bits per heavy atom. The van der Waals surface area contributed by atoms with Gasteiger partial charge in [0.1, 0.15) is 11.4 Å². The van der Waals surface area contributed by atoms with E-state index in [9.17, 15) is 4.79 Å². The zero-order valence-corrected chi connectivity index (χ0v) is 12.9. The largest absolute Gasteiger partial charge is 0.497 e. The third-order valence-electron chi connectivity index (χ3n) is 3.52. The first kappa shape index (κ1) is 15.5. The van der Waals surface area contributed by atoms with Crippen LogP contribution in [0.15, 0.2) is 48.5 Å². The van der Waals surface area contributed by atoms with E-state index in [0.29, 0.717) is 5.69 Å². The van der Waals surface area contributed by atoms with Crippen LogP contribution in [0.25, 0.3) is 23.3 Å². The second-order valence-corrected chi connectivity index (χ2v) is 5.05. The summed E-state index contributed by atoms with van der Waals surface area (Å²) in [5.41, 5.74) is 3.26. The summed E-state index contributed by atoms with van der Waals surface area (Å²) < 4.78 is 5.24. The maximum absolute atomic E-state index is 11.0. The number of methoxy groups -OCH3 is 1. The zero-order valence-electron chi connectivity index (χ0n) is 12.9. The van der Waals surface area contributed by atoms with E-state index in [-0.39, 0.29) is 5.69 Å². The first-order valence-corrected chi connectivity index (χ1v) is 7.24. The number of nitrogens with zero attached hydrogens (tertiary/aromatic N) is 2. The first-order valence-electron chi connectivity index (χ1n) is 7.24. The molecule has 6 nitrogen and oxygen atoms in total. The molecular formula is C18H15N3O3. The van der Waals surface area contributed by atoms with Crippen LogP contribution >= 0.6 is 0 Å². The fourth-order valence-electron chi connectivity index (χ4n) is 2.28. The van der Waals surface area contributed by atoms with Crippen LogP contribution in [-0.4, -0.2) is 33.6 Å². The molecule has 0 bridgehead atoms. The van der Waals surface area contributed by atoms with Gasteiger partial charge in [0, 0.05) is 0 Å². The van der Waals surface area contributed by atoms with E-state index in [1.54, 1.807) is 19.3 Å². The molecule has 120 valence electrons. The number of ether oxygens (including phenoxy) is 1. The van der Waals surface area contributed by atoms with E-state index in [4.69, 9.17) is 9.84 Å². The van der Waals surface area contributed by atoms with E-state index in [1.807, 2.05) is 48.5 Å². The Balaban J connectivity index is 1.80. The van der Waals surface area contributed by atoms with E-state index >= 15 is 0 Å². The summed E-state index contributed by atoms with van der Waals surface area (Å²) in [4.78, 5) is 11.0. The number of rotatable bonds is 5. The molecule has 0 aliphatic heterocycles. The number of hydrogen-bond acceptors (Lipinski definition) is 4. The van der Waals surface area contributed by atoms with Crippen molar-refractivity contribution in [1.29, 1.82) is 0 Å². The number of carboxylic acid groups (broad SMARTS) is 1. The van der Waals surface area contributed by atoms with Gasteiger partial charge in [-0.3, -0.25) is 0 Å². The standard InChI is InChI=1S/C18H15N3O3/c1-24-15-4-2-3-14(11-15)13-8-5-12(6-9-13)7-10-16-17(18(22)23)20-21-19-16/h2-11H,1H3,(H,22,23)(H,19,20,21)/b10-7+. The van der Waals surface area contributed by atoms with Gasteiger partial charge in [-0.1, -0.05) is 42.5 Å². The predicted octanol–water partition coefficient (Wildman–Crippen LogP) is 3.35. The SMILES string of the molecule is COc1cccc(-c2ccc(/C=C/c3n[nH]nc3C(=O)O)cc2)c1. The second kappa shape index (κ2) is 6.78. The lowest BCUT2D eigenvalue weighted by Gasteiger charge is -2.05. The molecule has 0 unspecified atom stereocenters. The number of aromatic amines is 1. The van der Waals surface area contributed by atoms with Crippen molar-refractivity contribution in [2.24, 2.45) is 0 Å². The van der Waals surface area contributed by atoms with Crippen molar-refractivity contribution in [2.45, 2.75) is 0 Å². The van der Waals surface area contributed by atoms with Gasteiger partial charge >= 0.3 is 5.97 Å². The van der Waals surface area contributed by atoms with Crippen molar-refractivity contribution < 1.29 is 14.6 Å². The van der Waals surface area contributed by atoms with Gasteiger partial charge in [0.2, 0.25) is 0 Å². The summed E-state index contributed by atoms with van der Waals surface area (Å²) in [7, 11) is 1.64. The number of nitrogens with one attached hydrogen (secondary N) is 1. The molecule has 0 spiro atoms. The third-order valence-corrected chi connectivity index (χ3v) is 3.52. The van der Waals surface area contributed by atoms with Crippen LogP contribution in [-0.2, 0) is 0 Å². The molecule has 6 heteroatoms. The van der Waals surface area contributed by atoms with Crippen molar-refractivity contribution in [1.82, 2.24) is 15.4 Å². The molecule has 0 saturated carbocycles. The molecule has 0 aliphatic rings. The van der Waals surface area contributed by atoms with Crippen LogP contribution in [0, 0.1) is 0 Å². The topological polar surface area (TPSA) is 88.1 Å². The van der Waals surface area contributed by atoms with Crippen molar-refractivity contribution in [2.75, 3.05) is 7.11 Å². The number of H-pyrrole nitrogens is 1. The van der Waals surface area contributed by atoms with E-state index in [2.05, 4.69) is 15.4 Å². The van der Waals surface area contributed by atoms with E-state index < -0.39 is 5.97 Å².